The Morgan fingerprint density at radius 2 is 2.25 bits per heavy atom. The molecule has 0 rings (SSSR count). The smallest absolute Gasteiger partial charge is 0.329 e. The molecule has 1 atom stereocenters. The van der Waals surface area contributed by atoms with Crippen molar-refractivity contribution >= 4 is 5.97 Å². The van der Waals surface area contributed by atoms with Gasteiger partial charge in [0.1, 0.15) is 0 Å². The summed E-state index contributed by atoms with van der Waals surface area (Å²) in [6.45, 7) is -2.97. The summed E-state index contributed by atoms with van der Waals surface area (Å²) in [6.07, 6.45) is -7.96. The van der Waals surface area contributed by atoms with Gasteiger partial charge in [0.05, 0.1) is 0 Å². The SMILES string of the molecule is [2H]C([2H])(N)C([2H])([2H])CC(N)(C(=O)O)C(F)F. The maximum atomic E-state index is 12.4. The summed E-state index contributed by atoms with van der Waals surface area (Å²) in [5.41, 5.74) is 6.47. The van der Waals surface area contributed by atoms with Gasteiger partial charge in [-0.05, 0) is 19.3 Å². The quantitative estimate of drug-likeness (QED) is 0.553. The molecule has 72 valence electrons. The van der Waals surface area contributed by atoms with Crippen LogP contribution in [-0.2, 0) is 4.79 Å². The zero-order valence-electron chi connectivity index (χ0n) is 10.1. The lowest BCUT2D eigenvalue weighted by atomic mass is 9.95. The average Bonchev–Trinajstić information content (AvgIpc) is 2.00. The lowest BCUT2D eigenvalue weighted by molar-refractivity contribution is -0.150. The molecular weight excluding hydrogens is 170 g/mol. The van der Waals surface area contributed by atoms with Crippen LogP contribution in [0.5, 0.6) is 0 Å². The van der Waals surface area contributed by atoms with Crippen molar-refractivity contribution < 1.29 is 24.2 Å². The van der Waals surface area contributed by atoms with Crippen LogP contribution in [0.3, 0.4) is 0 Å². The predicted octanol–water partition coefficient (Wildman–Crippen LogP) is -0.227. The molecule has 0 aromatic rings. The zero-order valence-corrected chi connectivity index (χ0v) is 6.05. The second-order valence-corrected chi connectivity index (χ2v) is 2.14. The molecule has 0 aliphatic rings. The van der Waals surface area contributed by atoms with E-state index in [4.69, 9.17) is 22.1 Å². The summed E-state index contributed by atoms with van der Waals surface area (Å²) in [4.78, 5) is 10.5. The monoisotopic (exact) mass is 186 g/mol. The molecule has 1 unspecified atom stereocenters. The van der Waals surface area contributed by atoms with Crippen LogP contribution < -0.4 is 11.5 Å². The average molecular weight is 186 g/mol. The topological polar surface area (TPSA) is 89.3 Å². The first-order valence-electron chi connectivity index (χ1n) is 4.94. The summed E-state index contributed by atoms with van der Waals surface area (Å²) in [6, 6.07) is 0. The summed E-state index contributed by atoms with van der Waals surface area (Å²) < 4.78 is 52.8. The molecule has 0 amide bonds. The molecule has 12 heavy (non-hydrogen) atoms. The minimum atomic E-state index is -3.54. The van der Waals surface area contributed by atoms with Gasteiger partial charge in [0.25, 0.3) is 6.43 Å². The molecule has 0 saturated carbocycles. The van der Waals surface area contributed by atoms with Gasteiger partial charge in [-0.1, -0.05) is 0 Å². The van der Waals surface area contributed by atoms with Crippen LogP contribution in [0.2, 0.25) is 0 Å². The van der Waals surface area contributed by atoms with Crippen LogP contribution in [0.1, 0.15) is 18.3 Å². The van der Waals surface area contributed by atoms with E-state index in [1.165, 1.54) is 0 Å². The fourth-order valence-corrected chi connectivity index (χ4v) is 0.443. The molecular formula is C6H12F2N2O2. The van der Waals surface area contributed by atoms with Crippen molar-refractivity contribution in [1.29, 1.82) is 0 Å². The molecule has 0 aromatic carbocycles. The van der Waals surface area contributed by atoms with E-state index in [-0.39, 0.29) is 0 Å². The van der Waals surface area contributed by atoms with Crippen LogP contribution in [0.15, 0.2) is 0 Å². The van der Waals surface area contributed by atoms with Crippen LogP contribution in [0.25, 0.3) is 0 Å². The van der Waals surface area contributed by atoms with Crippen LogP contribution in [0.4, 0.5) is 8.78 Å². The number of hydrogen-bond donors (Lipinski definition) is 3. The Morgan fingerprint density at radius 1 is 1.75 bits per heavy atom. The Kier molecular flexibility index (Phi) is 2.09. The molecule has 0 fully saturated rings. The van der Waals surface area contributed by atoms with Gasteiger partial charge in [-0.15, -0.1) is 0 Å². The van der Waals surface area contributed by atoms with E-state index in [1.807, 2.05) is 0 Å². The summed E-state index contributed by atoms with van der Waals surface area (Å²) in [5, 5.41) is 8.50. The number of hydrogen-bond acceptors (Lipinski definition) is 3. The van der Waals surface area contributed by atoms with Crippen molar-refractivity contribution in [3.63, 3.8) is 0 Å². The van der Waals surface area contributed by atoms with Gasteiger partial charge < -0.3 is 16.6 Å². The van der Waals surface area contributed by atoms with E-state index in [0.717, 1.165) is 0 Å². The molecule has 0 aliphatic heterocycles. The highest BCUT2D eigenvalue weighted by Gasteiger charge is 2.42. The lowest BCUT2D eigenvalue weighted by Crippen LogP contribution is -2.54. The lowest BCUT2D eigenvalue weighted by Gasteiger charge is -2.22. The largest absolute Gasteiger partial charge is 0.480 e. The van der Waals surface area contributed by atoms with Crippen LogP contribution >= 0.6 is 0 Å². The third-order valence-corrected chi connectivity index (χ3v) is 1.27. The van der Waals surface area contributed by atoms with Gasteiger partial charge >= 0.3 is 5.97 Å². The highest BCUT2D eigenvalue weighted by Crippen LogP contribution is 2.18. The van der Waals surface area contributed by atoms with Crippen molar-refractivity contribution in [2.45, 2.75) is 24.8 Å². The molecule has 0 saturated heterocycles. The standard InChI is InChI=1S/C6H12F2N2O2/c7-4(8)6(10,5(11)12)2-1-3-9/h4H,1-3,9-10H2,(H,11,12)/i1D2,3D2. The highest BCUT2D eigenvalue weighted by atomic mass is 19.3. The summed E-state index contributed by atoms with van der Waals surface area (Å²) >= 11 is 0. The van der Waals surface area contributed by atoms with Crippen LogP contribution in [-0.4, -0.2) is 29.5 Å². The zero-order chi connectivity index (χ0) is 13.4. The van der Waals surface area contributed by atoms with Gasteiger partial charge in [0, 0.05) is 5.48 Å². The van der Waals surface area contributed by atoms with Crippen molar-refractivity contribution in [3.8, 4) is 0 Å². The number of aliphatic carboxylic acids is 1. The molecule has 0 spiro atoms. The molecule has 6 heteroatoms. The third-order valence-electron chi connectivity index (χ3n) is 1.27. The van der Waals surface area contributed by atoms with Crippen molar-refractivity contribution in [2.24, 2.45) is 11.5 Å². The Hall–Kier alpha value is -0.750. The van der Waals surface area contributed by atoms with E-state index < -0.39 is 37.2 Å². The molecule has 5 N–H and O–H groups in total. The van der Waals surface area contributed by atoms with E-state index in [2.05, 4.69) is 0 Å². The van der Waals surface area contributed by atoms with E-state index >= 15 is 0 Å². The maximum Gasteiger partial charge on any atom is 0.329 e. The number of alkyl halides is 2. The van der Waals surface area contributed by atoms with E-state index in [1.54, 1.807) is 0 Å². The first-order valence-corrected chi connectivity index (χ1v) is 2.94. The number of rotatable bonds is 5. The molecule has 0 bridgehead atoms. The highest BCUT2D eigenvalue weighted by molar-refractivity contribution is 5.79. The Balaban J connectivity index is 5.14. The second kappa shape index (κ2) is 4.32. The van der Waals surface area contributed by atoms with Gasteiger partial charge in [-0.3, -0.25) is 0 Å². The van der Waals surface area contributed by atoms with Gasteiger partial charge in [-0.2, -0.15) is 0 Å². The van der Waals surface area contributed by atoms with Crippen molar-refractivity contribution in [1.82, 2.24) is 0 Å². The normalized spacial score (nSPS) is 23.4. The number of nitrogens with two attached hydrogens (primary N) is 2. The Labute approximate surface area is 74.2 Å². The van der Waals surface area contributed by atoms with Crippen LogP contribution in [0, 0.1) is 0 Å². The Bertz CT molecular complexity index is 284. The van der Waals surface area contributed by atoms with Gasteiger partial charge in [0.2, 0.25) is 0 Å². The fourth-order valence-electron chi connectivity index (χ4n) is 0.443. The van der Waals surface area contributed by atoms with Crippen molar-refractivity contribution in [2.75, 3.05) is 6.50 Å². The van der Waals surface area contributed by atoms with Crippen molar-refractivity contribution in [3.05, 3.63) is 0 Å². The molecule has 0 aromatic heterocycles. The third kappa shape index (κ3) is 2.38. The summed E-state index contributed by atoms with van der Waals surface area (Å²) in [7, 11) is 0. The molecule has 4 nitrogen and oxygen atoms in total. The first kappa shape index (κ1) is 5.82. The summed E-state index contributed by atoms with van der Waals surface area (Å²) in [5.74, 6) is -2.12. The first-order chi connectivity index (χ1) is 6.84. The molecule has 0 radical (unpaired) electrons. The Morgan fingerprint density at radius 3 is 2.50 bits per heavy atom. The van der Waals surface area contributed by atoms with Gasteiger partial charge in [0.15, 0.2) is 5.54 Å². The van der Waals surface area contributed by atoms with Gasteiger partial charge in [-0.25, -0.2) is 13.6 Å². The molecule has 0 aliphatic carbocycles. The number of halogens is 2. The predicted molar refractivity (Wildman–Crippen MR) is 38.8 cm³/mol. The second-order valence-electron chi connectivity index (χ2n) is 2.14. The fraction of sp³-hybridized carbons (Fsp3) is 0.833. The number of carbonyl (C=O) groups is 1. The minimum absolute atomic E-state index is 1.43. The van der Waals surface area contributed by atoms with E-state index in [0.29, 0.717) is 0 Å². The number of carboxylic acids is 1. The maximum absolute atomic E-state index is 12.4. The molecule has 0 heterocycles. The minimum Gasteiger partial charge on any atom is -0.480 e. The van der Waals surface area contributed by atoms with E-state index in [9.17, 15) is 13.6 Å². The number of carboxylic acid groups (broad SMARTS) is 1.